The Bertz CT molecular complexity index is 386. The Morgan fingerprint density at radius 3 is 2.50 bits per heavy atom. The summed E-state index contributed by atoms with van der Waals surface area (Å²) < 4.78 is 5.13. The number of ether oxygens (including phenoxy) is 1. The lowest BCUT2D eigenvalue weighted by atomic mass is 9.65. The Hall–Kier alpha value is -0.0700. The van der Waals surface area contributed by atoms with Gasteiger partial charge in [0.15, 0.2) is 0 Å². The molecule has 1 aliphatic heterocycles. The highest BCUT2D eigenvalue weighted by atomic mass is 35.5. The summed E-state index contributed by atoms with van der Waals surface area (Å²) in [7, 11) is 1.74. The fourth-order valence-electron chi connectivity index (χ4n) is 4.70. The fourth-order valence-corrected chi connectivity index (χ4v) is 4.70. The van der Waals surface area contributed by atoms with Crippen LogP contribution in [0, 0.1) is 17.8 Å². The summed E-state index contributed by atoms with van der Waals surface area (Å²) in [6.45, 7) is 3.76. The van der Waals surface area contributed by atoms with E-state index in [2.05, 4.69) is 10.2 Å². The average Bonchev–Trinajstić information content (AvgIpc) is 2.92. The number of fused-ring (bicyclic) bond motifs is 2. The first-order valence-corrected chi connectivity index (χ1v) is 8.94. The van der Waals surface area contributed by atoms with Crippen LogP contribution in [0.1, 0.15) is 38.5 Å². The second-order valence-corrected chi connectivity index (χ2v) is 7.48. The van der Waals surface area contributed by atoms with Crippen LogP contribution in [-0.2, 0) is 9.53 Å². The zero-order chi connectivity index (χ0) is 15.5. The standard InChI is InChI=1S/C17H31N3O2.2ClH/c1-22-8-7-20-6-5-15(11-20)19-17(21)14-9-12-3-2-4-13(10-14)16(12)18;;/h12-16H,2-11,18H2,1H3,(H,19,21);2*1H. The normalized spacial score (nSPS) is 35.7. The van der Waals surface area contributed by atoms with Crippen molar-refractivity contribution >= 4 is 30.7 Å². The molecule has 0 aromatic rings. The molecule has 5 nitrogen and oxygen atoms in total. The molecule has 2 bridgehead atoms. The lowest BCUT2D eigenvalue weighted by Crippen LogP contribution is -2.50. The van der Waals surface area contributed by atoms with Gasteiger partial charge in [0, 0.05) is 44.7 Å². The van der Waals surface area contributed by atoms with Crippen molar-refractivity contribution in [2.75, 3.05) is 33.4 Å². The van der Waals surface area contributed by atoms with Crippen LogP contribution in [0.25, 0.3) is 0 Å². The van der Waals surface area contributed by atoms with Gasteiger partial charge in [-0.1, -0.05) is 6.42 Å². The maximum atomic E-state index is 12.6. The SMILES string of the molecule is COCCN1CCC(NC(=O)C2CC3CCCC(C2)C3N)C1.Cl.Cl. The number of rotatable bonds is 5. The van der Waals surface area contributed by atoms with Gasteiger partial charge >= 0.3 is 0 Å². The quantitative estimate of drug-likeness (QED) is 0.761. The summed E-state index contributed by atoms with van der Waals surface area (Å²) in [6, 6.07) is 0.661. The predicted octanol–water partition coefficient (Wildman–Crippen LogP) is 1.82. The highest BCUT2D eigenvalue weighted by Gasteiger charge is 2.41. The molecule has 1 heterocycles. The number of hydrogen-bond donors (Lipinski definition) is 2. The Morgan fingerprint density at radius 2 is 1.88 bits per heavy atom. The lowest BCUT2D eigenvalue weighted by molar-refractivity contribution is -0.128. The summed E-state index contributed by atoms with van der Waals surface area (Å²) in [4.78, 5) is 15.0. The van der Waals surface area contributed by atoms with Gasteiger partial charge in [-0.05, 0) is 43.9 Å². The number of halogens is 2. The monoisotopic (exact) mass is 381 g/mol. The molecule has 0 radical (unpaired) electrons. The number of carbonyl (C=O) groups excluding carboxylic acids is 1. The van der Waals surface area contributed by atoms with E-state index in [-0.39, 0.29) is 36.6 Å². The maximum Gasteiger partial charge on any atom is 0.223 e. The van der Waals surface area contributed by atoms with Crippen LogP contribution in [-0.4, -0.2) is 56.2 Å². The van der Waals surface area contributed by atoms with Crippen molar-refractivity contribution in [3.8, 4) is 0 Å². The molecule has 3 atom stereocenters. The molecule has 7 heteroatoms. The second kappa shape index (κ2) is 10.2. The van der Waals surface area contributed by atoms with Crippen molar-refractivity contribution in [1.29, 1.82) is 0 Å². The summed E-state index contributed by atoms with van der Waals surface area (Å²) in [5.74, 6) is 1.63. The van der Waals surface area contributed by atoms with Crippen molar-refractivity contribution in [3.63, 3.8) is 0 Å². The molecule has 0 aromatic heterocycles. The molecular formula is C17H33Cl2N3O2. The van der Waals surface area contributed by atoms with Crippen LogP contribution in [0.3, 0.4) is 0 Å². The molecule has 24 heavy (non-hydrogen) atoms. The zero-order valence-corrected chi connectivity index (χ0v) is 16.2. The van der Waals surface area contributed by atoms with Crippen LogP contribution in [0.4, 0.5) is 0 Å². The van der Waals surface area contributed by atoms with Crippen molar-refractivity contribution in [2.24, 2.45) is 23.5 Å². The highest BCUT2D eigenvalue weighted by molar-refractivity contribution is 5.85. The third-order valence-electron chi connectivity index (χ3n) is 6.01. The number of carbonyl (C=O) groups is 1. The molecule has 3 fully saturated rings. The minimum atomic E-state index is 0. The molecule has 2 aliphatic carbocycles. The fraction of sp³-hybridized carbons (Fsp3) is 0.941. The van der Waals surface area contributed by atoms with E-state index in [1.807, 2.05) is 0 Å². The predicted molar refractivity (Wildman–Crippen MR) is 101 cm³/mol. The van der Waals surface area contributed by atoms with Gasteiger partial charge in [-0.2, -0.15) is 0 Å². The largest absolute Gasteiger partial charge is 0.383 e. The topological polar surface area (TPSA) is 67.6 Å². The van der Waals surface area contributed by atoms with Gasteiger partial charge in [-0.25, -0.2) is 0 Å². The molecule has 3 N–H and O–H groups in total. The molecule has 2 saturated carbocycles. The third-order valence-corrected chi connectivity index (χ3v) is 6.01. The number of methoxy groups -OCH3 is 1. The third kappa shape index (κ3) is 5.21. The highest BCUT2D eigenvalue weighted by Crippen LogP contribution is 2.41. The van der Waals surface area contributed by atoms with E-state index < -0.39 is 0 Å². The minimum Gasteiger partial charge on any atom is -0.383 e. The molecule has 142 valence electrons. The Labute approximate surface area is 158 Å². The minimum absolute atomic E-state index is 0. The van der Waals surface area contributed by atoms with Gasteiger partial charge in [0.2, 0.25) is 5.91 Å². The second-order valence-electron chi connectivity index (χ2n) is 7.48. The van der Waals surface area contributed by atoms with E-state index in [9.17, 15) is 4.79 Å². The first-order chi connectivity index (χ1) is 10.7. The summed E-state index contributed by atoms with van der Waals surface area (Å²) in [5.41, 5.74) is 6.32. The van der Waals surface area contributed by atoms with Gasteiger partial charge in [0.1, 0.15) is 0 Å². The number of amides is 1. The molecule has 1 saturated heterocycles. The zero-order valence-electron chi connectivity index (χ0n) is 14.6. The van der Waals surface area contributed by atoms with E-state index in [1.54, 1.807) is 7.11 Å². The molecule has 3 aliphatic rings. The maximum absolute atomic E-state index is 12.6. The Balaban J connectivity index is 0.00000144. The number of hydrogen-bond acceptors (Lipinski definition) is 4. The number of nitrogens with one attached hydrogen (secondary N) is 1. The van der Waals surface area contributed by atoms with Crippen molar-refractivity contribution in [3.05, 3.63) is 0 Å². The summed E-state index contributed by atoms with van der Waals surface area (Å²) in [6.07, 6.45) is 6.81. The Kier molecular flexibility index (Phi) is 9.31. The van der Waals surface area contributed by atoms with Crippen molar-refractivity contribution in [1.82, 2.24) is 10.2 Å². The first kappa shape index (κ1) is 22.0. The van der Waals surface area contributed by atoms with Crippen LogP contribution >= 0.6 is 24.8 Å². The van der Waals surface area contributed by atoms with Crippen LogP contribution in [0.2, 0.25) is 0 Å². The van der Waals surface area contributed by atoms with Gasteiger partial charge in [0.25, 0.3) is 0 Å². The van der Waals surface area contributed by atoms with E-state index in [4.69, 9.17) is 10.5 Å². The average molecular weight is 382 g/mol. The molecular weight excluding hydrogens is 349 g/mol. The van der Waals surface area contributed by atoms with E-state index >= 15 is 0 Å². The molecule has 3 unspecified atom stereocenters. The van der Waals surface area contributed by atoms with Gasteiger partial charge in [0.05, 0.1) is 6.61 Å². The van der Waals surface area contributed by atoms with Gasteiger partial charge < -0.3 is 15.8 Å². The molecule has 3 rings (SSSR count). The summed E-state index contributed by atoms with van der Waals surface area (Å²) >= 11 is 0. The molecule has 0 spiro atoms. The lowest BCUT2D eigenvalue weighted by Gasteiger charge is -2.43. The smallest absolute Gasteiger partial charge is 0.223 e. The van der Waals surface area contributed by atoms with E-state index in [1.165, 1.54) is 19.3 Å². The molecule has 1 amide bonds. The van der Waals surface area contributed by atoms with E-state index in [0.717, 1.165) is 45.5 Å². The molecule has 0 aromatic carbocycles. The number of likely N-dealkylation sites (tertiary alicyclic amines) is 1. The first-order valence-electron chi connectivity index (χ1n) is 8.94. The van der Waals surface area contributed by atoms with Crippen LogP contribution in [0.5, 0.6) is 0 Å². The number of nitrogens with zero attached hydrogens (tertiary/aromatic N) is 1. The van der Waals surface area contributed by atoms with Crippen molar-refractivity contribution in [2.45, 2.75) is 50.6 Å². The summed E-state index contributed by atoms with van der Waals surface area (Å²) in [5, 5.41) is 3.30. The Morgan fingerprint density at radius 1 is 1.21 bits per heavy atom. The van der Waals surface area contributed by atoms with Crippen molar-refractivity contribution < 1.29 is 9.53 Å². The van der Waals surface area contributed by atoms with Crippen LogP contribution in [0.15, 0.2) is 0 Å². The van der Waals surface area contributed by atoms with Gasteiger partial charge in [-0.15, -0.1) is 24.8 Å². The number of nitrogens with two attached hydrogens (primary N) is 1. The van der Waals surface area contributed by atoms with Crippen LogP contribution < -0.4 is 11.1 Å². The van der Waals surface area contributed by atoms with Gasteiger partial charge in [-0.3, -0.25) is 9.69 Å². The van der Waals surface area contributed by atoms with E-state index in [0.29, 0.717) is 23.9 Å².